The van der Waals surface area contributed by atoms with Gasteiger partial charge in [0.25, 0.3) is 0 Å². The number of Topliss-reactive ketones (excluding diaryl/α,β-unsaturated/α-hetero) is 1. The predicted octanol–water partition coefficient (Wildman–Crippen LogP) is 5.10. The van der Waals surface area contributed by atoms with Crippen molar-refractivity contribution in [1.82, 2.24) is 4.90 Å². The van der Waals surface area contributed by atoms with Crippen LogP contribution in [0.3, 0.4) is 0 Å². The first-order valence-corrected chi connectivity index (χ1v) is 13.2. The van der Waals surface area contributed by atoms with Gasteiger partial charge in [-0.2, -0.15) is 0 Å². The molecule has 0 aromatic heterocycles. The van der Waals surface area contributed by atoms with Crippen LogP contribution in [0.2, 0.25) is 0 Å². The van der Waals surface area contributed by atoms with E-state index in [4.69, 9.17) is 9.47 Å². The van der Waals surface area contributed by atoms with E-state index >= 15 is 0 Å². The summed E-state index contributed by atoms with van der Waals surface area (Å²) in [5.41, 5.74) is 4.13. The number of benzene rings is 2. The highest BCUT2D eigenvalue weighted by Crippen LogP contribution is 2.38. The minimum atomic E-state index is 0. The first kappa shape index (κ1) is 26.5. The standard InChI is InChI=1S/C29H36N2O4.ClH/c1-2-34-26-7-3-4-8-27(26)35-17-16-30-14-11-21(12-15-30)9-10-25(32)23-18-22-6-5-13-31-28(33)20-24(19-23)29(22)31;/h3-4,7-8,18-19,21H,2,5-6,9-17,20H2,1H3;1H. The van der Waals surface area contributed by atoms with Gasteiger partial charge in [-0.05, 0) is 93.4 Å². The third-order valence-electron chi connectivity index (χ3n) is 7.63. The molecule has 0 N–H and O–H groups in total. The van der Waals surface area contributed by atoms with Gasteiger partial charge in [-0.25, -0.2) is 0 Å². The first-order valence-electron chi connectivity index (χ1n) is 13.2. The summed E-state index contributed by atoms with van der Waals surface area (Å²) in [6, 6.07) is 11.9. The molecule has 7 heteroatoms. The number of para-hydroxylation sites is 2. The number of likely N-dealkylation sites (tertiary alicyclic amines) is 1. The van der Waals surface area contributed by atoms with Crippen LogP contribution < -0.4 is 14.4 Å². The number of nitrogens with zero attached hydrogens (tertiary/aromatic N) is 2. The first-order chi connectivity index (χ1) is 17.1. The smallest absolute Gasteiger partial charge is 0.231 e. The summed E-state index contributed by atoms with van der Waals surface area (Å²) >= 11 is 0. The molecule has 36 heavy (non-hydrogen) atoms. The maximum atomic E-state index is 13.0. The summed E-state index contributed by atoms with van der Waals surface area (Å²) < 4.78 is 11.6. The van der Waals surface area contributed by atoms with Crippen molar-refractivity contribution in [3.8, 4) is 11.5 Å². The van der Waals surface area contributed by atoms with E-state index in [0.717, 1.165) is 86.6 Å². The van der Waals surface area contributed by atoms with Gasteiger partial charge >= 0.3 is 0 Å². The zero-order valence-electron chi connectivity index (χ0n) is 21.2. The van der Waals surface area contributed by atoms with Crippen LogP contribution in [0, 0.1) is 5.92 Å². The van der Waals surface area contributed by atoms with Crippen molar-refractivity contribution >= 4 is 29.8 Å². The summed E-state index contributed by atoms with van der Waals surface area (Å²) in [5.74, 6) is 2.61. The lowest BCUT2D eigenvalue weighted by Gasteiger charge is -2.31. The number of anilines is 1. The number of hydrogen-bond donors (Lipinski definition) is 0. The maximum absolute atomic E-state index is 13.0. The molecule has 1 amide bonds. The van der Waals surface area contributed by atoms with E-state index in [1.165, 1.54) is 5.56 Å². The number of carbonyl (C=O) groups is 2. The molecular weight excluding hydrogens is 476 g/mol. The Bertz CT molecular complexity index is 1080. The van der Waals surface area contributed by atoms with E-state index in [1.54, 1.807) is 0 Å². The molecule has 6 nitrogen and oxygen atoms in total. The van der Waals surface area contributed by atoms with Crippen LogP contribution in [0.5, 0.6) is 11.5 Å². The predicted molar refractivity (Wildman–Crippen MR) is 144 cm³/mol. The van der Waals surface area contributed by atoms with Gasteiger partial charge in [0.05, 0.1) is 18.7 Å². The van der Waals surface area contributed by atoms with Gasteiger partial charge in [0, 0.05) is 25.1 Å². The van der Waals surface area contributed by atoms with Crippen LogP contribution in [-0.2, 0) is 17.6 Å². The highest BCUT2D eigenvalue weighted by Gasteiger charge is 2.33. The Morgan fingerprint density at radius 2 is 1.75 bits per heavy atom. The molecule has 2 aromatic rings. The van der Waals surface area contributed by atoms with Crippen LogP contribution >= 0.6 is 12.4 Å². The van der Waals surface area contributed by atoms with Crippen molar-refractivity contribution in [3.63, 3.8) is 0 Å². The number of carbonyl (C=O) groups excluding carboxylic acids is 2. The number of amides is 1. The Labute approximate surface area is 220 Å². The summed E-state index contributed by atoms with van der Waals surface area (Å²) in [6.45, 7) is 7.08. The average molecular weight is 513 g/mol. The summed E-state index contributed by atoms with van der Waals surface area (Å²) in [6.07, 6.45) is 6.19. The highest BCUT2D eigenvalue weighted by molar-refractivity contribution is 6.05. The molecule has 0 bridgehead atoms. The molecule has 0 unspecified atom stereocenters. The minimum absolute atomic E-state index is 0. The summed E-state index contributed by atoms with van der Waals surface area (Å²) in [5, 5.41) is 0. The lowest BCUT2D eigenvalue weighted by atomic mass is 9.89. The van der Waals surface area contributed by atoms with E-state index in [0.29, 0.717) is 32.0 Å². The Morgan fingerprint density at radius 1 is 1.03 bits per heavy atom. The second-order valence-corrected chi connectivity index (χ2v) is 9.94. The van der Waals surface area contributed by atoms with E-state index in [1.807, 2.05) is 42.2 Å². The zero-order chi connectivity index (χ0) is 24.2. The lowest BCUT2D eigenvalue weighted by molar-refractivity contribution is -0.117. The van der Waals surface area contributed by atoms with Crippen molar-refractivity contribution in [2.45, 2.75) is 51.9 Å². The largest absolute Gasteiger partial charge is 0.490 e. The third kappa shape index (κ3) is 5.87. The molecule has 0 atom stereocenters. The van der Waals surface area contributed by atoms with Gasteiger partial charge in [0.1, 0.15) is 6.61 Å². The summed E-state index contributed by atoms with van der Waals surface area (Å²) in [4.78, 5) is 29.7. The average Bonchev–Trinajstić information content (AvgIpc) is 3.21. The fraction of sp³-hybridized carbons (Fsp3) is 0.517. The molecule has 194 valence electrons. The van der Waals surface area contributed by atoms with Crippen molar-refractivity contribution < 1.29 is 19.1 Å². The zero-order valence-corrected chi connectivity index (χ0v) is 22.0. The molecule has 3 aliphatic heterocycles. The number of piperidine rings is 1. The Morgan fingerprint density at radius 3 is 2.50 bits per heavy atom. The molecular formula is C29H37ClN2O4. The molecule has 0 spiro atoms. The van der Waals surface area contributed by atoms with Crippen molar-refractivity contribution in [1.29, 1.82) is 0 Å². The maximum Gasteiger partial charge on any atom is 0.231 e. The monoisotopic (exact) mass is 512 g/mol. The van der Waals surface area contributed by atoms with Crippen LogP contribution in [-0.4, -0.2) is 56.0 Å². The Balaban J connectivity index is 0.00000304. The molecule has 0 saturated carbocycles. The van der Waals surface area contributed by atoms with Crippen molar-refractivity contribution in [2.24, 2.45) is 5.92 Å². The molecule has 0 radical (unpaired) electrons. The van der Waals surface area contributed by atoms with Gasteiger partial charge in [-0.3, -0.25) is 14.5 Å². The number of rotatable bonds is 10. The van der Waals surface area contributed by atoms with Gasteiger partial charge in [-0.1, -0.05) is 12.1 Å². The molecule has 0 aliphatic carbocycles. The topological polar surface area (TPSA) is 59.1 Å². The second-order valence-electron chi connectivity index (χ2n) is 9.94. The van der Waals surface area contributed by atoms with Crippen LogP contribution in [0.1, 0.15) is 60.5 Å². The van der Waals surface area contributed by atoms with Gasteiger partial charge < -0.3 is 14.4 Å². The van der Waals surface area contributed by atoms with E-state index in [-0.39, 0.29) is 24.1 Å². The van der Waals surface area contributed by atoms with E-state index in [9.17, 15) is 9.59 Å². The van der Waals surface area contributed by atoms with E-state index < -0.39 is 0 Å². The molecule has 3 heterocycles. The summed E-state index contributed by atoms with van der Waals surface area (Å²) in [7, 11) is 0. The number of ether oxygens (including phenoxy) is 2. The highest BCUT2D eigenvalue weighted by atomic mass is 35.5. The lowest BCUT2D eigenvalue weighted by Crippen LogP contribution is -2.36. The quantitative estimate of drug-likeness (QED) is 0.415. The van der Waals surface area contributed by atoms with E-state index in [2.05, 4.69) is 11.0 Å². The number of ketones is 1. The van der Waals surface area contributed by atoms with Gasteiger partial charge in [-0.15, -0.1) is 12.4 Å². The van der Waals surface area contributed by atoms with Crippen molar-refractivity contribution in [3.05, 3.63) is 53.1 Å². The fourth-order valence-electron chi connectivity index (χ4n) is 5.75. The van der Waals surface area contributed by atoms with Crippen molar-refractivity contribution in [2.75, 3.05) is 44.3 Å². The SMILES string of the molecule is CCOc1ccccc1OCCN1CCC(CCC(=O)c2cc3c4c(c2)CC(=O)N4CCC3)CC1.Cl. The molecule has 5 rings (SSSR count). The normalized spacial score (nSPS) is 17.5. The molecule has 2 aromatic carbocycles. The second kappa shape index (κ2) is 12.1. The van der Waals surface area contributed by atoms with Gasteiger partial charge in [0.15, 0.2) is 17.3 Å². The number of aryl methyl sites for hydroxylation is 1. The minimum Gasteiger partial charge on any atom is -0.490 e. The Hall–Kier alpha value is -2.57. The molecule has 3 aliphatic rings. The Kier molecular flexibility index (Phi) is 8.91. The van der Waals surface area contributed by atoms with Crippen LogP contribution in [0.25, 0.3) is 0 Å². The van der Waals surface area contributed by atoms with Gasteiger partial charge in [0.2, 0.25) is 5.91 Å². The van der Waals surface area contributed by atoms with Crippen LogP contribution in [0.4, 0.5) is 5.69 Å². The van der Waals surface area contributed by atoms with Crippen LogP contribution in [0.15, 0.2) is 36.4 Å². The molecule has 1 saturated heterocycles. The number of hydrogen-bond acceptors (Lipinski definition) is 5. The fourth-order valence-corrected chi connectivity index (χ4v) is 5.75. The number of halogens is 1. The molecule has 1 fully saturated rings. The third-order valence-corrected chi connectivity index (χ3v) is 7.63.